The monoisotopic (exact) mass is 311 g/mol. The van der Waals surface area contributed by atoms with E-state index in [-0.39, 0.29) is 16.5 Å². The molecule has 1 N–H and O–H groups in total. The Morgan fingerprint density at radius 1 is 1.24 bits per heavy atom. The van der Waals surface area contributed by atoms with Crippen LogP contribution in [-0.4, -0.2) is 16.0 Å². The van der Waals surface area contributed by atoms with Gasteiger partial charge in [-0.05, 0) is 24.3 Å². The van der Waals surface area contributed by atoms with Gasteiger partial charge in [-0.15, -0.1) is 0 Å². The normalized spacial score (nSPS) is 10.2. The fourth-order valence-electron chi connectivity index (χ4n) is 1.67. The lowest BCUT2D eigenvalue weighted by molar-refractivity contribution is -0.385. The third-order valence-corrected chi connectivity index (χ3v) is 2.85. The van der Waals surface area contributed by atoms with Crippen LogP contribution in [0.1, 0.15) is 10.4 Å². The van der Waals surface area contributed by atoms with E-state index in [1.807, 2.05) is 0 Å². The summed E-state index contributed by atoms with van der Waals surface area (Å²) in [5.41, 5.74) is -1.24. The zero-order chi connectivity index (χ0) is 15.6. The second-order valence-electron chi connectivity index (χ2n) is 3.86. The maximum absolute atomic E-state index is 13.5. The minimum atomic E-state index is -1.55. The molecule has 8 heteroatoms. The van der Waals surface area contributed by atoms with Crippen molar-refractivity contribution in [1.82, 2.24) is 0 Å². The number of aromatic carboxylic acids is 1. The Hall–Kier alpha value is -2.67. The number of nitro benzene ring substituents is 1. The molecular weight excluding hydrogens is 305 g/mol. The van der Waals surface area contributed by atoms with Gasteiger partial charge in [-0.2, -0.15) is 0 Å². The lowest BCUT2D eigenvalue weighted by Gasteiger charge is -2.10. The van der Waals surface area contributed by atoms with Gasteiger partial charge >= 0.3 is 11.7 Å². The SMILES string of the molecule is O=C(O)c1c(F)cccc1Oc1cccc(Cl)c1[N+](=O)[O-]. The van der Waals surface area contributed by atoms with Gasteiger partial charge in [0.05, 0.1) is 4.92 Å². The fourth-order valence-corrected chi connectivity index (χ4v) is 1.91. The average Bonchev–Trinajstić information content (AvgIpc) is 2.37. The van der Waals surface area contributed by atoms with Crippen molar-refractivity contribution in [2.24, 2.45) is 0 Å². The topological polar surface area (TPSA) is 89.7 Å². The van der Waals surface area contributed by atoms with E-state index in [2.05, 4.69) is 0 Å². The van der Waals surface area contributed by atoms with E-state index in [0.29, 0.717) is 0 Å². The van der Waals surface area contributed by atoms with E-state index in [4.69, 9.17) is 21.4 Å². The van der Waals surface area contributed by atoms with Crippen LogP contribution in [0.2, 0.25) is 5.02 Å². The van der Waals surface area contributed by atoms with Crippen molar-refractivity contribution < 1.29 is 24.0 Å². The van der Waals surface area contributed by atoms with E-state index in [1.165, 1.54) is 30.3 Å². The molecule has 0 atom stereocenters. The van der Waals surface area contributed by atoms with Gasteiger partial charge in [0.25, 0.3) is 0 Å². The second kappa shape index (κ2) is 5.76. The van der Waals surface area contributed by atoms with Crippen molar-refractivity contribution in [2.75, 3.05) is 0 Å². The molecule has 0 heterocycles. The van der Waals surface area contributed by atoms with E-state index in [0.717, 1.165) is 6.07 Å². The van der Waals surface area contributed by atoms with Crippen molar-refractivity contribution in [3.63, 3.8) is 0 Å². The van der Waals surface area contributed by atoms with Gasteiger partial charge < -0.3 is 9.84 Å². The maximum Gasteiger partial charge on any atom is 0.342 e. The molecule has 108 valence electrons. The minimum absolute atomic E-state index is 0.175. The number of hydrogen-bond acceptors (Lipinski definition) is 4. The summed E-state index contributed by atoms with van der Waals surface area (Å²) in [6.07, 6.45) is 0. The number of benzene rings is 2. The highest BCUT2D eigenvalue weighted by atomic mass is 35.5. The Morgan fingerprint density at radius 2 is 1.86 bits per heavy atom. The van der Waals surface area contributed by atoms with Crippen LogP contribution in [0.25, 0.3) is 0 Å². The molecule has 2 aromatic rings. The van der Waals surface area contributed by atoms with Gasteiger partial charge in [0.15, 0.2) is 0 Å². The molecule has 0 amide bonds. The minimum Gasteiger partial charge on any atom is -0.477 e. The molecule has 0 spiro atoms. The van der Waals surface area contributed by atoms with Crippen molar-refractivity contribution in [3.8, 4) is 11.5 Å². The summed E-state index contributed by atoms with van der Waals surface area (Å²) in [6.45, 7) is 0. The number of nitrogens with zero attached hydrogens (tertiary/aromatic N) is 1. The van der Waals surface area contributed by atoms with Crippen LogP contribution in [0.4, 0.5) is 10.1 Å². The smallest absolute Gasteiger partial charge is 0.342 e. The van der Waals surface area contributed by atoms with Crippen LogP contribution >= 0.6 is 11.6 Å². The first kappa shape index (κ1) is 14.7. The highest BCUT2D eigenvalue weighted by molar-refractivity contribution is 6.33. The molecule has 0 fully saturated rings. The highest BCUT2D eigenvalue weighted by Gasteiger charge is 2.23. The van der Waals surface area contributed by atoms with E-state index >= 15 is 0 Å². The third kappa shape index (κ3) is 2.92. The number of carbonyl (C=O) groups is 1. The molecule has 2 rings (SSSR count). The first-order valence-corrected chi connectivity index (χ1v) is 5.92. The number of rotatable bonds is 4. The van der Waals surface area contributed by atoms with Gasteiger partial charge in [0.2, 0.25) is 5.75 Å². The first-order chi connectivity index (χ1) is 9.91. The van der Waals surface area contributed by atoms with Crippen molar-refractivity contribution in [2.45, 2.75) is 0 Å². The molecule has 0 saturated heterocycles. The predicted molar refractivity (Wildman–Crippen MR) is 71.5 cm³/mol. The van der Waals surface area contributed by atoms with Crippen molar-refractivity contribution in [3.05, 3.63) is 62.9 Å². The number of hydrogen-bond donors (Lipinski definition) is 1. The zero-order valence-electron chi connectivity index (χ0n) is 10.2. The number of para-hydroxylation sites is 1. The fraction of sp³-hybridized carbons (Fsp3) is 0. The number of nitro groups is 1. The van der Waals surface area contributed by atoms with Crippen LogP contribution in [-0.2, 0) is 0 Å². The van der Waals surface area contributed by atoms with E-state index in [9.17, 15) is 19.3 Å². The van der Waals surface area contributed by atoms with Crippen LogP contribution in [0.15, 0.2) is 36.4 Å². The summed E-state index contributed by atoms with van der Waals surface area (Å²) in [5, 5.41) is 19.8. The zero-order valence-corrected chi connectivity index (χ0v) is 11.0. The predicted octanol–water partition coefficient (Wildman–Crippen LogP) is 3.88. The Morgan fingerprint density at radius 3 is 2.48 bits per heavy atom. The molecule has 0 aliphatic rings. The first-order valence-electron chi connectivity index (χ1n) is 5.54. The lowest BCUT2D eigenvalue weighted by Crippen LogP contribution is -2.04. The molecule has 0 aromatic heterocycles. The van der Waals surface area contributed by atoms with Gasteiger partial charge in [-0.25, -0.2) is 9.18 Å². The molecule has 0 aliphatic heterocycles. The number of carboxylic acid groups (broad SMARTS) is 1. The summed E-state index contributed by atoms with van der Waals surface area (Å²) < 4.78 is 18.7. The van der Waals surface area contributed by atoms with Gasteiger partial charge in [0, 0.05) is 0 Å². The standard InChI is InChI=1S/C13H7ClFNO5/c14-7-3-1-6-10(12(7)16(19)20)21-9-5-2-4-8(15)11(9)13(17)18/h1-6H,(H,17,18). The molecule has 0 aliphatic carbocycles. The highest BCUT2D eigenvalue weighted by Crippen LogP contribution is 2.38. The van der Waals surface area contributed by atoms with Crippen LogP contribution < -0.4 is 4.74 Å². The Kier molecular flexibility index (Phi) is 4.04. The molecule has 0 saturated carbocycles. The molecule has 2 aromatic carbocycles. The van der Waals surface area contributed by atoms with E-state index < -0.39 is 28.0 Å². The number of ether oxygens (including phenoxy) is 1. The van der Waals surface area contributed by atoms with Crippen LogP contribution in [0, 0.1) is 15.9 Å². The molecule has 0 bridgehead atoms. The van der Waals surface area contributed by atoms with Gasteiger partial charge in [-0.3, -0.25) is 10.1 Å². The summed E-state index contributed by atoms with van der Waals surface area (Å²) in [5.74, 6) is -3.19. The lowest BCUT2D eigenvalue weighted by atomic mass is 10.2. The van der Waals surface area contributed by atoms with Crippen LogP contribution in [0.5, 0.6) is 11.5 Å². The molecule has 21 heavy (non-hydrogen) atoms. The Labute approximate surface area is 122 Å². The summed E-state index contributed by atoms with van der Waals surface area (Å²) in [7, 11) is 0. The third-order valence-electron chi connectivity index (χ3n) is 2.54. The van der Waals surface area contributed by atoms with Crippen LogP contribution in [0.3, 0.4) is 0 Å². The summed E-state index contributed by atoms with van der Waals surface area (Å²) in [4.78, 5) is 21.2. The van der Waals surface area contributed by atoms with Crippen molar-refractivity contribution in [1.29, 1.82) is 0 Å². The molecular formula is C13H7ClFNO5. The summed E-state index contributed by atoms with van der Waals surface area (Å²) in [6, 6.07) is 7.29. The summed E-state index contributed by atoms with van der Waals surface area (Å²) >= 11 is 5.71. The average molecular weight is 312 g/mol. The Bertz CT molecular complexity index is 673. The molecule has 0 radical (unpaired) electrons. The quantitative estimate of drug-likeness (QED) is 0.683. The largest absolute Gasteiger partial charge is 0.477 e. The molecule has 6 nitrogen and oxygen atoms in total. The number of carboxylic acids is 1. The van der Waals surface area contributed by atoms with Gasteiger partial charge in [-0.1, -0.05) is 23.7 Å². The van der Waals surface area contributed by atoms with E-state index in [1.54, 1.807) is 0 Å². The van der Waals surface area contributed by atoms with Crippen molar-refractivity contribution >= 4 is 23.3 Å². The number of halogens is 2. The van der Waals surface area contributed by atoms with Gasteiger partial charge in [0.1, 0.15) is 22.2 Å². The molecule has 0 unspecified atom stereocenters. The maximum atomic E-state index is 13.5. The Balaban J connectivity index is 2.54. The second-order valence-corrected chi connectivity index (χ2v) is 4.27.